The Morgan fingerprint density at radius 3 is 2.58 bits per heavy atom. The minimum Gasteiger partial charge on any atom is -0.457 e. The van der Waals surface area contributed by atoms with Gasteiger partial charge in [-0.25, -0.2) is 28.2 Å². The summed E-state index contributed by atoms with van der Waals surface area (Å²) in [6.07, 6.45) is 7.76. The molecule has 0 unspecified atom stereocenters. The van der Waals surface area contributed by atoms with Gasteiger partial charge in [0.25, 0.3) is 0 Å². The van der Waals surface area contributed by atoms with Gasteiger partial charge in [0.1, 0.15) is 35.3 Å². The molecule has 0 saturated carbocycles. The highest BCUT2D eigenvalue weighted by atomic mass is 19.1. The Morgan fingerprint density at radius 1 is 1.05 bits per heavy atom. The van der Waals surface area contributed by atoms with Gasteiger partial charge in [-0.05, 0) is 70.4 Å². The Morgan fingerprint density at radius 2 is 1.79 bits per heavy atom. The molecule has 224 valence electrons. The summed E-state index contributed by atoms with van der Waals surface area (Å²) in [7, 11) is 0. The molecule has 13 heteroatoms. The maximum Gasteiger partial charge on any atom is 0.407 e. The molecule has 4 aromatic heterocycles. The van der Waals surface area contributed by atoms with E-state index in [2.05, 4.69) is 35.7 Å². The Balaban J connectivity index is 1.14. The van der Waals surface area contributed by atoms with Gasteiger partial charge in [-0.15, -0.1) is 0 Å². The lowest BCUT2D eigenvalue weighted by atomic mass is 10.0. The van der Waals surface area contributed by atoms with E-state index in [0.29, 0.717) is 35.1 Å². The van der Waals surface area contributed by atoms with Gasteiger partial charge in [-0.3, -0.25) is 4.90 Å². The number of hydrogen-bond acceptors (Lipinski definition) is 9. The zero-order chi connectivity index (χ0) is 30.1. The van der Waals surface area contributed by atoms with E-state index >= 15 is 4.39 Å². The van der Waals surface area contributed by atoms with E-state index in [1.54, 1.807) is 46.4 Å². The molecule has 5 heterocycles. The van der Waals surface area contributed by atoms with Crippen LogP contribution in [0.2, 0.25) is 0 Å². The van der Waals surface area contributed by atoms with E-state index in [-0.39, 0.29) is 17.8 Å². The summed E-state index contributed by atoms with van der Waals surface area (Å²) >= 11 is 0. The van der Waals surface area contributed by atoms with Crippen molar-refractivity contribution in [3.63, 3.8) is 0 Å². The summed E-state index contributed by atoms with van der Waals surface area (Å²) in [5.74, 6) is 0.988. The average Bonchev–Trinajstić information content (AvgIpc) is 3.60. The molecule has 12 nitrogen and oxygen atoms in total. The normalized spacial score (nSPS) is 14.7. The quantitative estimate of drug-likeness (QED) is 0.263. The Labute approximate surface area is 247 Å². The summed E-state index contributed by atoms with van der Waals surface area (Å²) in [6, 6.07) is 8.92. The van der Waals surface area contributed by atoms with Crippen LogP contribution in [0.4, 0.5) is 20.7 Å². The molecule has 5 aromatic rings. The Hall–Kier alpha value is -4.78. The molecule has 1 amide bonds. The van der Waals surface area contributed by atoms with Crippen LogP contribution in [0.3, 0.4) is 0 Å². The number of aromatic nitrogens is 6. The van der Waals surface area contributed by atoms with Crippen LogP contribution in [0.15, 0.2) is 55.4 Å². The van der Waals surface area contributed by atoms with Crippen LogP contribution in [0, 0.1) is 12.7 Å². The third-order valence-electron chi connectivity index (χ3n) is 7.31. The van der Waals surface area contributed by atoms with Crippen molar-refractivity contribution >= 4 is 28.8 Å². The van der Waals surface area contributed by atoms with E-state index in [1.807, 2.05) is 33.0 Å². The van der Waals surface area contributed by atoms with Crippen molar-refractivity contribution in [3.05, 3.63) is 72.3 Å². The van der Waals surface area contributed by atoms with Crippen molar-refractivity contribution < 1.29 is 18.7 Å². The number of benzene rings is 1. The lowest BCUT2D eigenvalue weighted by molar-refractivity contribution is 0.0477. The third-order valence-corrected chi connectivity index (χ3v) is 7.31. The number of nitrogens with zero attached hydrogens (tertiary/aromatic N) is 7. The van der Waals surface area contributed by atoms with Crippen LogP contribution in [-0.2, 0) is 11.3 Å². The fourth-order valence-electron chi connectivity index (χ4n) is 5.18. The second-order valence-electron chi connectivity index (χ2n) is 11.6. The molecule has 0 aliphatic carbocycles. The number of likely N-dealkylation sites (tertiary alicyclic amines) is 1. The highest BCUT2D eigenvalue weighted by Gasteiger charge is 2.25. The number of fused-ring (bicyclic) bond motifs is 2. The lowest BCUT2D eigenvalue weighted by Crippen LogP contribution is -2.45. The fraction of sp³-hybridized carbons (Fsp3) is 0.367. The molecule has 1 aliphatic heterocycles. The summed E-state index contributed by atoms with van der Waals surface area (Å²) in [4.78, 5) is 23.1. The molecular weight excluding hydrogens is 553 g/mol. The second-order valence-corrected chi connectivity index (χ2v) is 11.6. The number of ether oxygens (including phenoxy) is 2. The number of halogens is 1. The maximum absolute atomic E-state index is 15.6. The van der Waals surface area contributed by atoms with Crippen molar-refractivity contribution in [2.24, 2.45) is 0 Å². The molecule has 1 fully saturated rings. The summed E-state index contributed by atoms with van der Waals surface area (Å²) in [5.41, 5.74) is 2.53. The smallest absolute Gasteiger partial charge is 0.407 e. The first-order chi connectivity index (χ1) is 20.6. The number of alkyl carbamates (subject to hydrolysis) is 1. The van der Waals surface area contributed by atoms with Gasteiger partial charge in [0.2, 0.25) is 0 Å². The van der Waals surface area contributed by atoms with Crippen molar-refractivity contribution in [1.29, 1.82) is 0 Å². The SMILES string of the molecule is Cc1c(Oc2ccn3ncnc3c2)ccc(Nc2ncnn3ccc(CN4CCC(NC(=O)OC(C)(C)C)CC4)c23)c1F. The Kier molecular flexibility index (Phi) is 7.57. The van der Waals surface area contributed by atoms with Gasteiger partial charge in [0, 0.05) is 49.7 Å². The molecule has 6 rings (SSSR count). The Bertz CT molecular complexity index is 1770. The monoisotopic (exact) mass is 587 g/mol. The van der Waals surface area contributed by atoms with Gasteiger partial charge in [0.05, 0.1) is 5.69 Å². The van der Waals surface area contributed by atoms with Crippen molar-refractivity contribution in [2.45, 2.75) is 58.7 Å². The van der Waals surface area contributed by atoms with E-state index in [4.69, 9.17) is 9.47 Å². The number of anilines is 2. The molecular formula is C30H34FN9O3. The first kappa shape index (κ1) is 28.3. The summed E-state index contributed by atoms with van der Waals surface area (Å²) < 4.78 is 30.3. The molecule has 0 spiro atoms. The van der Waals surface area contributed by atoms with Gasteiger partial charge in [-0.2, -0.15) is 10.2 Å². The van der Waals surface area contributed by atoms with Crippen LogP contribution in [0.5, 0.6) is 11.5 Å². The highest BCUT2D eigenvalue weighted by molar-refractivity contribution is 5.77. The van der Waals surface area contributed by atoms with Crippen LogP contribution >= 0.6 is 0 Å². The van der Waals surface area contributed by atoms with Crippen molar-refractivity contribution in [3.8, 4) is 11.5 Å². The average molecular weight is 588 g/mol. The molecule has 1 aromatic carbocycles. The molecule has 43 heavy (non-hydrogen) atoms. The third kappa shape index (κ3) is 6.36. The highest BCUT2D eigenvalue weighted by Crippen LogP contribution is 2.33. The topological polar surface area (TPSA) is 123 Å². The standard InChI is InChI=1S/C30H34FN9O3/c1-19-24(42-22-10-14-39-25(15-22)32-17-34-39)6-5-23(26(19)31)37-28-27-20(7-13-40(27)35-18-33-28)16-38-11-8-21(9-12-38)36-29(41)43-30(2,3)4/h5-7,10,13-15,17-18,21H,8-9,11-12,16H2,1-4H3,(H,36,41)(H,33,35,37). The van der Waals surface area contributed by atoms with Crippen LogP contribution in [0.1, 0.15) is 44.7 Å². The molecule has 0 radical (unpaired) electrons. The van der Waals surface area contributed by atoms with E-state index in [1.165, 1.54) is 12.7 Å². The molecule has 2 N–H and O–H groups in total. The van der Waals surface area contributed by atoms with E-state index in [9.17, 15) is 4.79 Å². The first-order valence-corrected chi connectivity index (χ1v) is 14.2. The largest absolute Gasteiger partial charge is 0.457 e. The van der Waals surface area contributed by atoms with Crippen molar-refractivity contribution in [2.75, 3.05) is 18.4 Å². The zero-order valence-electron chi connectivity index (χ0n) is 24.5. The number of nitrogens with one attached hydrogen (secondary N) is 2. The van der Waals surface area contributed by atoms with Gasteiger partial charge < -0.3 is 20.1 Å². The fourth-order valence-corrected chi connectivity index (χ4v) is 5.18. The second kappa shape index (κ2) is 11.5. The van der Waals surface area contributed by atoms with E-state index < -0.39 is 11.4 Å². The predicted molar refractivity (Wildman–Crippen MR) is 158 cm³/mol. The van der Waals surface area contributed by atoms with Gasteiger partial charge >= 0.3 is 6.09 Å². The van der Waals surface area contributed by atoms with Crippen LogP contribution in [-0.4, -0.2) is 64.9 Å². The molecule has 0 atom stereocenters. The van der Waals surface area contributed by atoms with Gasteiger partial charge in [0.15, 0.2) is 17.3 Å². The molecule has 0 bridgehead atoms. The van der Waals surface area contributed by atoms with Crippen LogP contribution < -0.4 is 15.4 Å². The van der Waals surface area contributed by atoms with Crippen LogP contribution in [0.25, 0.3) is 11.2 Å². The number of amides is 1. The molecule has 1 aliphatic rings. The molecule has 1 saturated heterocycles. The first-order valence-electron chi connectivity index (χ1n) is 14.2. The van der Waals surface area contributed by atoms with Crippen molar-refractivity contribution in [1.82, 2.24) is 39.4 Å². The minimum absolute atomic E-state index is 0.0706. The predicted octanol–water partition coefficient (Wildman–Crippen LogP) is 5.24. The lowest BCUT2D eigenvalue weighted by Gasteiger charge is -2.32. The maximum atomic E-state index is 15.6. The number of piperidine rings is 1. The summed E-state index contributed by atoms with van der Waals surface area (Å²) in [6.45, 7) is 9.53. The zero-order valence-corrected chi connectivity index (χ0v) is 24.5. The number of rotatable bonds is 7. The van der Waals surface area contributed by atoms with Gasteiger partial charge in [-0.1, -0.05) is 0 Å². The number of carbonyl (C=O) groups excluding carboxylic acids is 1. The number of hydrogen-bond donors (Lipinski definition) is 2. The van der Waals surface area contributed by atoms with E-state index in [0.717, 1.165) is 37.0 Å². The minimum atomic E-state index is -0.527. The number of pyridine rings is 1. The number of carbonyl (C=O) groups is 1. The summed E-state index contributed by atoms with van der Waals surface area (Å²) in [5, 5.41) is 14.6.